The zero-order chi connectivity index (χ0) is 10.1. The van der Waals surface area contributed by atoms with E-state index in [1.807, 2.05) is 0 Å². The van der Waals surface area contributed by atoms with Crippen LogP contribution in [0.15, 0.2) is 23.2 Å². The first-order chi connectivity index (χ1) is 5.91. The summed E-state index contributed by atoms with van der Waals surface area (Å²) in [6.45, 7) is 0. The van der Waals surface area contributed by atoms with Crippen LogP contribution in [0.1, 0.15) is 0 Å². The summed E-state index contributed by atoms with van der Waals surface area (Å²) >= 11 is 0. The van der Waals surface area contributed by atoms with Crippen LogP contribution in [0.2, 0.25) is 0 Å². The van der Waals surface area contributed by atoms with Gasteiger partial charge < -0.3 is 4.90 Å². The largest absolute Gasteiger partial charge is 0.363 e. The summed E-state index contributed by atoms with van der Waals surface area (Å²) in [5.74, 6) is 0.557. The Labute approximate surface area is 81.6 Å². The molecule has 0 fully saturated rings. The number of hydrogen-bond acceptors (Lipinski definition) is 4. The molecule has 1 aromatic rings. The summed E-state index contributed by atoms with van der Waals surface area (Å²) in [6.07, 6.45) is 0. The highest BCUT2D eigenvalue weighted by atomic mass is 35.7. The van der Waals surface area contributed by atoms with Crippen molar-refractivity contribution in [3.8, 4) is 0 Å². The number of hydrogen-bond donors (Lipinski definition) is 0. The van der Waals surface area contributed by atoms with Crippen molar-refractivity contribution in [2.45, 2.75) is 5.03 Å². The Kier molecular flexibility index (Phi) is 2.77. The number of halogens is 1. The predicted molar refractivity (Wildman–Crippen MR) is 51.6 cm³/mol. The van der Waals surface area contributed by atoms with Gasteiger partial charge in [-0.2, -0.15) is 0 Å². The Morgan fingerprint density at radius 3 is 2.46 bits per heavy atom. The van der Waals surface area contributed by atoms with Gasteiger partial charge in [-0.15, -0.1) is 0 Å². The molecule has 0 radical (unpaired) electrons. The third-order valence-electron chi connectivity index (χ3n) is 1.42. The molecule has 1 aromatic heterocycles. The van der Waals surface area contributed by atoms with Gasteiger partial charge in [-0.3, -0.25) is 0 Å². The number of anilines is 1. The van der Waals surface area contributed by atoms with Crippen molar-refractivity contribution in [3.63, 3.8) is 0 Å². The second-order valence-electron chi connectivity index (χ2n) is 2.67. The first kappa shape index (κ1) is 10.3. The van der Waals surface area contributed by atoms with Gasteiger partial charge in [0.05, 0.1) is 0 Å². The topological polar surface area (TPSA) is 50.3 Å². The van der Waals surface area contributed by atoms with Gasteiger partial charge in [0, 0.05) is 24.8 Å². The molecule has 0 spiro atoms. The maximum Gasteiger partial charge on any atom is 0.278 e. The monoisotopic (exact) mass is 220 g/mol. The molecule has 0 aliphatic heterocycles. The molecule has 0 aromatic carbocycles. The zero-order valence-corrected chi connectivity index (χ0v) is 8.80. The maximum atomic E-state index is 10.9. The van der Waals surface area contributed by atoms with E-state index in [0.717, 1.165) is 0 Å². The quantitative estimate of drug-likeness (QED) is 0.700. The molecule has 0 N–H and O–H groups in total. The normalized spacial score (nSPS) is 11.3. The highest BCUT2D eigenvalue weighted by Crippen LogP contribution is 2.15. The molecular weight excluding hydrogens is 212 g/mol. The van der Waals surface area contributed by atoms with E-state index >= 15 is 0 Å². The van der Waals surface area contributed by atoms with E-state index in [0.29, 0.717) is 5.82 Å². The lowest BCUT2D eigenvalue weighted by Gasteiger charge is -2.10. The molecule has 6 heteroatoms. The highest BCUT2D eigenvalue weighted by molar-refractivity contribution is 8.13. The molecule has 0 aliphatic carbocycles. The number of nitrogens with zero attached hydrogens (tertiary/aromatic N) is 2. The van der Waals surface area contributed by atoms with Crippen LogP contribution in [0, 0.1) is 0 Å². The Balaban J connectivity index is 3.21. The summed E-state index contributed by atoms with van der Waals surface area (Å²) in [4.78, 5) is 5.55. The molecule has 4 nitrogen and oxygen atoms in total. The Morgan fingerprint density at radius 2 is 2.00 bits per heavy atom. The molecule has 0 amide bonds. The third kappa shape index (κ3) is 2.57. The lowest BCUT2D eigenvalue weighted by atomic mass is 10.4. The Morgan fingerprint density at radius 1 is 1.38 bits per heavy atom. The average Bonchev–Trinajstić information content (AvgIpc) is 2.03. The van der Waals surface area contributed by atoms with Crippen molar-refractivity contribution >= 4 is 25.6 Å². The minimum absolute atomic E-state index is 0.125. The summed E-state index contributed by atoms with van der Waals surface area (Å²) in [7, 11) is 4.94. The summed E-state index contributed by atoms with van der Waals surface area (Å²) in [5.41, 5.74) is 0. The minimum Gasteiger partial charge on any atom is -0.363 e. The van der Waals surface area contributed by atoms with Gasteiger partial charge >= 0.3 is 0 Å². The fourth-order valence-electron chi connectivity index (χ4n) is 0.789. The summed E-state index contributed by atoms with van der Waals surface area (Å²) < 4.78 is 21.8. The van der Waals surface area contributed by atoms with Gasteiger partial charge in [0.25, 0.3) is 9.05 Å². The molecular formula is C7H9ClN2O2S. The van der Waals surface area contributed by atoms with E-state index in [2.05, 4.69) is 4.98 Å². The molecule has 0 atom stereocenters. The predicted octanol–water partition coefficient (Wildman–Crippen LogP) is 1.08. The van der Waals surface area contributed by atoms with E-state index in [9.17, 15) is 8.42 Å². The lowest BCUT2D eigenvalue weighted by Crippen LogP contribution is -2.11. The van der Waals surface area contributed by atoms with E-state index in [4.69, 9.17) is 10.7 Å². The van der Waals surface area contributed by atoms with E-state index in [1.165, 1.54) is 6.07 Å². The fourth-order valence-corrected chi connectivity index (χ4v) is 1.49. The molecule has 1 heterocycles. The number of pyridine rings is 1. The SMILES string of the molecule is CN(C)c1cccc(S(=O)(=O)Cl)n1. The van der Waals surface area contributed by atoms with Crippen molar-refractivity contribution < 1.29 is 8.42 Å². The second kappa shape index (κ2) is 3.51. The van der Waals surface area contributed by atoms with Crippen LogP contribution < -0.4 is 4.90 Å². The molecule has 0 saturated heterocycles. The summed E-state index contributed by atoms with van der Waals surface area (Å²) in [5, 5.41) is -0.125. The van der Waals surface area contributed by atoms with Crippen molar-refractivity contribution in [3.05, 3.63) is 18.2 Å². The van der Waals surface area contributed by atoms with Crippen LogP contribution in [-0.2, 0) is 9.05 Å². The van der Waals surface area contributed by atoms with Crippen molar-refractivity contribution in [1.82, 2.24) is 4.98 Å². The molecule has 1 rings (SSSR count). The van der Waals surface area contributed by atoms with Crippen LogP contribution in [0.25, 0.3) is 0 Å². The van der Waals surface area contributed by atoms with Gasteiger partial charge in [0.15, 0.2) is 5.03 Å². The third-order valence-corrected chi connectivity index (χ3v) is 2.62. The lowest BCUT2D eigenvalue weighted by molar-refractivity contribution is 0.606. The molecule has 13 heavy (non-hydrogen) atoms. The standard InChI is InChI=1S/C7H9ClN2O2S/c1-10(2)6-4-3-5-7(9-6)13(8,11)12/h3-5H,1-2H3. The van der Waals surface area contributed by atoms with Crippen LogP contribution in [-0.4, -0.2) is 27.5 Å². The minimum atomic E-state index is -3.72. The average molecular weight is 221 g/mol. The van der Waals surface area contributed by atoms with Crippen LogP contribution in [0.3, 0.4) is 0 Å². The van der Waals surface area contributed by atoms with Crippen molar-refractivity contribution in [1.29, 1.82) is 0 Å². The van der Waals surface area contributed by atoms with Gasteiger partial charge in [0.1, 0.15) is 5.82 Å². The van der Waals surface area contributed by atoms with Gasteiger partial charge in [0.2, 0.25) is 0 Å². The molecule has 0 saturated carbocycles. The van der Waals surface area contributed by atoms with E-state index in [1.54, 1.807) is 31.1 Å². The van der Waals surface area contributed by atoms with Gasteiger partial charge in [-0.1, -0.05) is 6.07 Å². The first-order valence-corrected chi connectivity index (χ1v) is 5.81. The van der Waals surface area contributed by atoms with Crippen molar-refractivity contribution in [2.75, 3.05) is 19.0 Å². The fraction of sp³-hybridized carbons (Fsp3) is 0.286. The van der Waals surface area contributed by atoms with Gasteiger partial charge in [-0.05, 0) is 12.1 Å². The van der Waals surface area contributed by atoms with Crippen LogP contribution in [0.5, 0.6) is 0 Å². The summed E-state index contributed by atoms with van der Waals surface area (Å²) in [6, 6.07) is 4.65. The van der Waals surface area contributed by atoms with E-state index < -0.39 is 9.05 Å². The second-order valence-corrected chi connectivity index (χ2v) is 5.18. The first-order valence-electron chi connectivity index (χ1n) is 3.50. The van der Waals surface area contributed by atoms with E-state index in [-0.39, 0.29) is 5.03 Å². The molecule has 0 aliphatic rings. The van der Waals surface area contributed by atoms with Crippen molar-refractivity contribution in [2.24, 2.45) is 0 Å². The van der Waals surface area contributed by atoms with Gasteiger partial charge in [-0.25, -0.2) is 13.4 Å². The highest BCUT2D eigenvalue weighted by Gasteiger charge is 2.12. The smallest absolute Gasteiger partial charge is 0.278 e. The maximum absolute atomic E-state index is 10.9. The molecule has 0 unspecified atom stereocenters. The van der Waals surface area contributed by atoms with Crippen LogP contribution in [0.4, 0.5) is 5.82 Å². The number of aromatic nitrogens is 1. The Bertz CT molecular complexity index is 403. The molecule has 0 bridgehead atoms. The Hall–Kier alpha value is -0.810. The van der Waals surface area contributed by atoms with Crippen LogP contribution >= 0.6 is 10.7 Å². The molecule has 72 valence electrons. The number of rotatable bonds is 2. The zero-order valence-electron chi connectivity index (χ0n) is 7.23.